The van der Waals surface area contributed by atoms with Crippen molar-refractivity contribution in [3.05, 3.63) is 12.4 Å². The highest BCUT2D eigenvalue weighted by molar-refractivity contribution is 14.2. The summed E-state index contributed by atoms with van der Waals surface area (Å²) in [6, 6.07) is 0. The third kappa shape index (κ3) is 9.34. The standard InChI is InChI=1S/C15H27IN2O2/c1-17-12-13-18(16-14-17)11-9-7-5-3-2-4-6-8-10-15(19)20/h12-14H,2-11H2,1H3,(H,19,20). The zero-order valence-electron chi connectivity index (χ0n) is 12.4. The van der Waals surface area contributed by atoms with Crippen LogP contribution in [0.1, 0.15) is 57.8 Å². The molecule has 0 aromatic heterocycles. The molecule has 0 amide bonds. The van der Waals surface area contributed by atoms with Crippen LogP contribution < -0.4 is 0 Å². The fourth-order valence-corrected chi connectivity index (χ4v) is 3.94. The molecule has 0 saturated heterocycles. The first-order chi connectivity index (χ1) is 9.68. The lowest BCUT2D eigenvalue weighted by Gasteiger charge is -2.20. The van der Waals surface area contributed by atoms with Crippen LogP contribution in [0, 0.1) is 0 Å². The first-order valence-electron chi connectivity index (χ1n) is 7.54. The highest BCUT2D eigenvalue weighted by Gasteiger charge is 2.01. The van der Waals surface area contributed by atoms with Gasteiger partial charge in [-0.05, 0) is 12.8 Å². The SMILES string of the molecule is CN1C=CN(CCCCCCCCCCC(=O)O)I=C1. The quantitative estimate of drug-likeness (QED) is 0.328. The van der Waals surface area contributed by atoms with Crippen LogP contribution in [0.5, 0.6) is 0 Å². The van der Waals surface area contributed by atoms with E-state index < -0.39 is 5.97 Å². The van der Waals surface area contributed by atoms with Crippen molar-refractivity contribution >= 4 is 31.1 Å². The molecule has 20 heavy (non-hydrogen) atoms. The monoisotopic (exact) mass is 394 g/mol. The summed E-state index contributed by atoms with van der Waals surface area (Å²) in [5.74, 6) is -0.664. The summed E-state index contributed by atoms with van der Waals surface area (Å²) < 4.78 is 4.76. The molecule has 1 rings (SSSR count). The van der Waals surface area contributed by atoms with Gasteiger partial charge in [-0.25, -0.2) is 0 Å². The smallest absolute Gasteiger partial charge is 0.303 e. The third-order valence-corrected chi connectivity index (χ3v) is 5.95. The summed E-state index contributed by atoms with van der Waals surface area (Å²) >= 11 is 0.0659. The van der Waals surface area contributed by atoms with Gasteiger partial charge < -0.3 is 13.1 Å². The van der Waals surface area contributed by atoms with Gasteiger partial charge in [0.05, 0.1) is 4.14 Å². The van der Waals surface area contributed by atoms with E-state index >= 15 is 0 Å². The molecule has 0 bridgehead atoms. The predicted octanol–water partition coefficient (Wildman–Crippen LogP) is 3.95. The lowest BCUT2D eigenvalue weighted by Crippen LogP contribution is -2.16. The number of carboxylic acids is 1. The maximum atomic E-state index is 10.3. The first kappa shape index (κ1) is 17.5. The Bertz CT molecular complexity index is 318. The molecular weight excluding hydrogens is 367 g/mol. The Morgan fingerprint density at radius 3 is 2.15 bits per heavy atom. The van der Waals surface area contributed by atoms with Gasteiger partial charge in [-0.15, -0.1) is 0 Å². The van der Waals surface area contributed by atoms with E-state index in [1.165, 1.54) is 45.1 Å². The maximum absolute atomic E-state index is 10.3. The number of carbonyl (C=O) groups is 1. The van der Waals surface area contributed by atoms with Gasteiger partial charge in [0.15, 0.2) is 0 Å². The van der Waals surface area contributed by atoms with Gasteiger partial charge in [-0.1, -0.05) is 38.5 Å². The number of aliphatic carboxylic acids is 1. The van der Waals surface area contributed by atoms with Gasteiger partial charge in [0, 0.05) is 53.4 Å². The average molecular weight is 394 g/mol. The topological polar surface area (TPSA) is 43.8 Å². The Balaban J connectivity index is 1.82. The molecule has 1 aliphatic heterocycles. The van der Waals surface area contributed by atoms with Crippen LogP contribution in [0.3, 0.4) is 0 Å². The van der Waals surface area contributed by atoms with E-state index in [0.717, 1.165) is 12.8 Å². The Morgan fingerprint density at radius 2 is 1.60 bits per heavy atom. The highest BCUT2D eigenvalue weighted by atomic mass is 127. The average Bonchev–Trinajstić information content (AvgIpc) is 2.42. The second-order valence-electron chi connectivity index (χ2n) is 5.25. The van der Waals surface area contributed by atoms with Crippen molar-refractivity contribution in [3.63, 3.8) is 0 Å². The van der Waals surface area contributed by atoms with Crippen LogP contribution in [-0.4, -0.2) is 36.8 Å². The van der Waals surface area contributed by atoms with Crippen molar-refractivity contribution in [2.75, 3.05) is 13.6 Å². The van der Waals surface area contributed by atoms with Crippen LogP contribution in [0.4, 0.5) is 0 Å². The van der Waals surface area contributed by atoms with Gasteiger partial charge in [0.1, 0.15) is 0 Å². The summed E-state index contributed by atoms with van der Waals surface area (Å²) in [5.41, 5.74) is 0. The van der Waals surface area contributed by atoms with Crippen molar-refractivity contribution in [2.45, 2.75) is 57.8 Å². The summed E-state index contributed by atoms with van der Waals surface area (Å²) in [4.78, 5) is 12.5. The molecule has 0 aromatic carbocycles. The molecule has 1 heterocycles. The minimum Gasteiger partial charge on any atom is -0.481 e. The largest absolute Gasteiger partial charge is 0.481 e. The van der Waals surface area contributed by atoms with E-state index in [0.29, 0.717) is 6.42 Å². The number of rotatable bonds is 11. The van der Waals surface area contributed by atoms with E-state index in [1.807, 2.05) is 0 Å². The summed E-state index contributed by atoms with van der Waals surface area (Å²) in [6.45, 7) is 1.20. The van der Waals surface area contributed by atoms with E-state index in [2.05, 4.69) is 31.6 Å². The molecule has 5 heteroatoms. The van der Waals surface area contributed by atoms with Crippen molar-refractivity contribution in [1.82, 2.24) is 8.01 Å². The molecule has 4 nitrogen and oxygen atoms in total. The van der Waals surface area contributed by atoms with Crippen molar-refractivity contribution in [1.29, 1.82) is 0 Å². The zero-order chi connectivity index (χ0) is 14.6. The fourth-order valence-electron chi connectivity index (χ4n) is 2.09. The molecule has 0 aliphatic carbocycles. The van der Waals surface area contributed by atoms with Crippen LogP contribution >= 0.6 is 21.0 Å². The second kappa shape index (κ2) is 11.1. The number of hydrogen-bond donors (Lipinski definition) is 1. The van der Waals surface area contributed by atoms with Gasteiger partial charge in [-0.2, -0.15) is 0 Å². The molecule has 1 N–H and O–H groups in total. The highest BCUT2D eigenvalue weighted by Crippen LogP contribution is 2.16. The van der Waals surface area contributed by atoms with Crippen LogP contribution in [0.2, 0.25) is 0 Å². The Kier molecular flexibility index (Phi) is 9.70. The minimum absolute atomic E-state index is 0.0659. The number of carboxylic acid groups (broad SMARTS) is 1. The number of nitrogens with zero attached hydrogens (tertiary/aromatic N) is 2. The molecule has 0 radical (unpaired) electrons. The van der Waals surface area contributed by atoms with Gasteiger partial charge in [-0.3, -0.25) is 4.79 Å². The van der Waals surface area contributed by atoms with Crippen molar-refractivity contribution in [2.24, 2.45) is 0 Å². The van der Waals surface area contributed by atoms with Crippen molar-refractivity contribution < 1.29 is 9.90 Å². The Morgan fingerprint density at radius 1 is 1.00 bits per heavy atom. The Labute approximate surface area is 132 Å². The molecule has 0 aromatic rings. The molecule has 1 aliphatic rings. The predicted molar refractivity (Wildman–Crippen MR) is 92.9 cm³/mol. The second-order valence-corrected chi connectivity index (χ2v) is 7.61. The molecular formula is C15H27IN2O2. The van der Waals surface area contributed by atoms with Gasteiger partial charge in [0.2, 0.25) is 0 Å². The lowest BCUT2D eigenvalue weighted by atomic mass is 10.1. The molecule has 0 spiro atoms. The Hall–Kier alpha value is -0.590. The molecule has 0 atom stereocenters. The summed E-state index contributed by atoms with van der Waals surface area (Å²) in [6.07, 6.45) is 14.3. The molecule has 116 valence electrons. The number of unbranched alkanes of at least 4 members (excludes halogenated alkanes) is 7. The van der Waals surface area contributed by atoms with Gasteiger partial charge in [0.25, 0.3) is 0 Å². The lowest BCUT2D eigenvalue weighted by molar-refractivity contribution is -0.137. The van der Waals surface area contributed by atoms with E-state index in [-0.39, 0.29) is 21.0 Å². The number of halogens is 1. The van der Waals surface area contributed by atoms with E-state index in [9.17, 15) is 4.79 Å². The molecule has 0 saturated carbocycles. The van der Waals surface area contributed by atoms with E-state index in [1.54, 1.807) is 0 Å². The van der Waals surface area contributed by atoms with Crippen LogP contribution in [-0.2, 0) is 4.79 Å². The van der Waals surface area contributed by atoms with Crippen molar-refractivity contribution in [3.8, 4) is 0 Å². The zero-order valence-corrected chi connectivity index (χ0v) is 14.6. The van der Waals surface area contributed by atoms with E-state index in [4.69, 9.17) is 5.11 Å². The maximum Gasteiger partial charge on any atom is 0.303 e. The summed E-state index contributed by atoms with van der Waals surface area (Å²) in [7, 11) is 2.09. The fraction of sp³-hybridized carbons (Fsp3) is 0.733. The first-order valence-corrected chi connectivity index (χ1v) is 9.75. The molecule has 0 unspecified atom stereocenters. The van der Waals surface area contributed by atoms with Crippen LogP contribution in [0.15, 0.2) is 12.4 Å². The third-order valence-electron chi connectivity index (χ3n) is 3.30. The molecule has 0 fully saturated rings. The number of hydrogen-bond acceptors (Lipinski definition) is 3. The normalized spacial score (nSPS) is 14.4. The van der Waals surface area contributed by atoms with Crippen LogP contribution in [0.25, 0.3) is 0 Å². The minimum atomic E-state index is -0.664. The van der Waals surface area contributed by atoms with Gasteiger partial charge >= 0.3 is 5.97 Å². The summed E-state index contributed by atoms with van der Waals surface area (Å²) in [5, 5.41) is 8.52.